The Morgan fingerprint density at radius 1 is 1.19 bits per heavy atom. The molecule has 0 aliphatic carbocycles. The first-order chi connectivity index (χ1) is 14.7. The van der Waals surface area contributed by atoms with Crippen LogP contribution in [0, 0.1) is 0 Å². The number of H-pyrrole nitrogens is 1. The average Bonchev–Trinajstić information content (AvgIpc) is 3.01. The quantitative estimate of drug-likeness (QED) is 0.530. The lowest BCUT2D eigenvalue weighted by atomic mass is 9.91. The number of amides is 1. The van der Waals surface area contributed by atoms with Crippen LogP contribution in [0.25, 0.3) is 11.4 Å². The number of rotatable bonds is 5. The minimum Gasteiger partial charge on any atom is -0.478 e. The predicted octanol–water partition coefficient (Wildman–Crippen LogP) is 0.864. The number of hydrogen-bond acceptors (Lipinski definition) is 8. The van der Waals surface area contributed by atoms with Gasteiger partial charge in [-0.25, -0.2) is 19.7 Å². The third-order valence-electron chi connectivity index (χ3n) is 4.29. The van der Waals surface area contributed by atoms with Crippen molar-refractivity contribution in [2.75, 3.05) is 0 Å². The van der Waals surface area contributed by atoms with Crippen LogP contribution in [0.5, 0.6) is 11.5 Å². The number of carbonyl (C=O) groups is 2. The highest BCUT2D eigenvalue weighted by molar-refractivity contribution is 5.97. The van der Waals surface area contributed by atoms with E-state index in [1.165, 1.54) is 18.6 Å². The van der Waals surface area contributed by atoms with Gasteiger partial charge < -0.3 is 25.3 Å². The summed E-state index contributed by atoms with van der Waals surface area (Å²) in [7, 11) is 0. The number of alkyl halides is 2. The number of aromatic nitrogens is 4. The molecule has 0 saturated heterocycles. The molecule has 0 radical (unpaired) electrons. The standard InChI is InChI=1S/C18H11F2N5O6/c19-18(20)30-10-2-1-7(12(17(28)29)14(10)31-18)13(15(21)27)16-24-9(5-11(26)25-16)8-3-4-22-6-23-8/h1-6,13H,(H2,21,27)(H,28,29)(H,24,25,26). The summed E-state index contributed by atoms with van der Waals surface area (Å²) in [5, 5.41) is 9.62. The van der Waals surface area contributed by atoms with E-state index in [9.17, 15) is 28.3 Å². The van der Waals surface area contributed by atoms with E-state index in [1.54, 1.807) is 0 Å². The number of benzene rings is 1. The van der Waals surface area contributed by atoms with Crippen LogP contribution in [0.4, 0.5) is 8.78 Å². The number of hydrogen-bond donors (Lipinski definition) is 3. The molecular weight excluding hydrogens is 420 g/mol. The molecule has 1 aromatic carbocycles. The summed E-state index contributed by atoms with van der Waals surface area (Å²) >= 11 is 0. The number of aromatic amines is 1. The normalized spacial score (nSPS) is 14.8. The zero-order chi connectivity index (χ0) is 22.3. The summed E-state index contributed by atoms with van der Waals surface area (Å²) in [5.74, 6) is -6.05. The summed E-state index contributed by atoms with van der Waals surface area (Å²) in [6, 6.07) is 4.61. The minimum atomic E-state index is -4.09. The van der Waals surface area contributed by atoms with Gasteiger partial charge in [-0.1, -0.05) is 6.07 Å². The van der Waals surface area contributed by atoms with Gasteiger partial charge in [0, 0.05) is 12.3 Å². The van der Waals surface area contributed by atoms with E-state index in [-0.39, 0.29) is 22.8 Å². The van der Waals surface area contributed by atoms with E-state index in [0.717, 1.165) is 18.2 Å². The molecule has 11 nitrogen and oxygen atoms in total. The van der Waals surface area contributed by atoms with Crippen molar-refractivity contribution in [1.82, 2.24) is 19.9 Å². The van der Waals surface area contributed by atoms with Crippen molar-refractivity contribution < 1.29 is 33.0 Å². The number of carboxylic acid groups (broad SMARTS) is 1. The summed E-state index contributed by atoms with van der Waals surface area (Å²) < 4.78 is 35.5. The van der Waals surface area contributed by atoms with Crippen LogP contribution in [0.1, 0.15) is 27.7 Å². The molecule has 0 fully saturated rings. The Bertz CT molecular complexity index is 1260. The smallest absolute Gasteiger partial charge is 0.478 e. The Morgan fingerprint density at radius 2 is 1.97 bits per heavy atom. The highest BCUT2D eigenvalue weighted by atomic mass is 19.3. The summed E-state index contributed by atoms with van der Waals surface area (Å²) in [4.78, 5) is 50.5. The molecule has 13 heteroatoms. The van der Waals surface area contributed by atoms with Crippen LogP contribution in [0.15, 0.2) is 41.6 Å². The fourth-order valence-electron chi connectivity index (χ4n) is 3.11. The number of nitrogens with zero attached hydrogens (tertiary/aromatic N) is 3. The molecule has 3 aromatic rings. The van der Waals surface area contributed by atoms with Crippen LogP contribution >= 0.6 is 0 Å². The third-order valence-corrected chi connectivity index (χ3v) is 4.29. The van der Waals surface area contributed by atoms with Gasteiger partial charge in [0.05, 0.1) is 11.4 Å². The highest BCUT2D eigenvalue weighted by Gasteiger charge is 2.47. The van der Waals surface area contributed by atoms with Crippen LogP contribution in [-0.4, -0.2) is 43.2 Å². The molecule has 3 heterocycles. The van der Waals surface area contributed by atoms with Gasteiger partial charge in [0.25, 0.3) is 5.56 Å². The molecule has 1 atom stereocenters. The van der Waals surface area contributed by atoms with Crippen LogP contribution in [-0.2, 0) is 4.79 Å². The second-order valence-corrected chi connectivity index (χ2v) is 6.28. The number of carboxylic acids is 1. The number of nitrogens with one attached hydrogen (secondary N) is 1. The van der Waals surface area contributed by atoms with Crippen molar-refractivity contribution in [3.8, 4) is 22.9 Å². The first-order valence-electron chi connectivity index (χ1n) is 8.49. The van der Waals surface area contributed by atoms with Crippen LogP contribution in [0.2, 0.25) is 0 Å². The van der Waals surface area contributed by atoms with Gasteiger partial charge in [0.15, 0.2) is 11.5 Å². The maximum absolute atomic E-state index is 13.5. The zero-order valence-electron chi connectivity index (χ0n) is 15.2. The minimum absolute atomic E-state index is 0.0524. The molecule has 0 bridgehead atoms. The van der Waals surface area contributed by atoms with Crippen LogP contribution in [0.3, 0.4) is 0 Å². The molecule has 4 rings (SSSR count). The number of halogens is 2. The molecule has 1 aliphatic heterocycles. The van der Waals surface area contributed by atoms with E-state index < -0.39 is 46.7 Å². The number of ether oxygens (including phenoxy) is 2. The molecule has 1 aliphatic rings. The third kappa shape index (κ3) is 3.63. The number of primary amides is 1. The summed E-state index contributed by atoms with van der Waals surface area (Å²) in [6.07, 6.45) is -1.48. The maximum atomic E-state index is 13.5. The number of nitrogens with two attached hydrogens (primary N) is 1. The second kappa shape index (κ2) is 7.12. The van der Waals surface area contributed by atoms with Gasteiger partial charge in [-0.15, -0.1) is 8.78 Å². The molecule has 31 heavy (non-hydrogen) atoms. The fraction of sp³-hybridized carbons (Fsp3) is 0.111. The van der Waals surface area contributed by atoms with Crippen molar-refractivity contribution in [2.24, 2.45) is 5.73 Å². The topological polar surface area (TPSA) is 170 Å². The van der Waals surface area contributed by atoms with Crippen LogP contribution < -0.4 is 20.8 Å². The fourth-order valence-corrected chi connectivity index (χ4v) is 3.11. The monoisotopic (exact) mass is 431 g/mol. The lowest BCUT2D eigenvalue weighted by Gasteiger charge is -2.17. The lowest BCUT2D eigenvalue weighted by Crippen LogP contribution is -2.28. The maximum Gasteiger partial charge on any atom is 0.586 e. The number of carbonyl (C=O) groups excluding carboxylic acids is 1. The van der Waals surface area contributed by atoms with Crippen molar-refractivity contribution in [3.63, 3.8) is 0 Å². The van der Waals surface area contributed by atoms with Gasteiger partial charge >= 0.3 is 12.3 Å². The Morgan fingerprint density at radius 3 is 2.61 bits per heavy atom. The molecule has 158 valence electrons. The number of fused-ring (bicyclic) bond motifs is 1. The van der Waals surface area contributed by atoms with E-state index >= 15 is 0 Å². The van der Waals surface area contributed by atoms with E-state index in [0.29, 0.717) is 0 Å². The average molecular weight is 431 g/mol. The Balaban J connectivity index is 1.91. The largest absolute Gasteiger partial charge is 0.586 e. The molecule has 0 saturated carbocycles. The lowest BCUT2D eigenvalue weighted by molar-refractivity contribution is -0.286. The first kappa shape index (κ1) is 19.9. The van der Waals surface area contributed by atoms with Gasteiger partial charge in [-0.05, 0) is 17.7 Å². The Hall–Kier alpha value is -4.42. The Labute approximate surface area is 170 Å². The van der Waals surface area contributed by atoms with Crippen molar-refractivity contribution in [2.45, 2.75) is 12.2 Å². The van der Waals surface area contributed by atoms with Crippen molar-refractivity contribution in [3.05, 3.63) is 64.1 Å². The first-order valence-corrected chi connectivity index (χ1v) is 8.49. The molecule has 0 spiro atoms. The second-order valence-electron chi connectivity index (χ2n) is 6.28. The zero-order valence-corrected chi connectivity index (χ0v) is 15.2. The highest BCUT2D eigenvalue weighted by Crippen LogP contribution is 2.46. The molecular formula is C18H11F2N5O6. The molecule has 1 unspecified atom stereocenters. The van der Waals surface area contributed by atoms with Gasteiger partial charge in [0.1, 0.15) is 23.6 Å². The summed E-state index contributed by atoms with van der Waals surface area (Å²) in [5.41, 5.74) is 3.96. The van der Waals surface area contributed by atoms with E-state index in [2.05, 4.69) is 29.4 Å². The van der Waals surface area contributed by atoms with Crippen molar-refractivity contribution in [1.29, 1.82) is 0 Å². The van der Waals surface area contributed by atoms with E-state index in [4.69, 9.17) is 5.73 Å². The molecule has 1 amide bonds. The van der Waals surface area contributed by atoms with Crippen molar-refractivity contribution >= 4 is 11.9 Å². The SMILES string of the molecule is NC(=O)C(c1nc(-c2ccncn2)cc(=O)[nH]1)c1ccc2c(c1C(=O)O)OC(F)(F)O2. The van der Waals surface area contributed by atoms with Gasteiger partial charge in [-0.2, -0.15) is 0 Å². The van der Waals surface area contributed by atoms with Gasteiger partial charge in [-0.3, -0.25) is 9.59 Å². The predicted molar refractivity (Wildman–Crippen MR) is 96.5 cm³/mol. The Kier molecular flexibility index (Phi) is 4.57. The summed E-state index contributed by atoms with van der Waals surface area (Å²) in [6.45, 7) is 0. The van der Waals surface area contributed by atoms with Gasteiger partial charge in [0.2, 0.25) is 5.91 Å². The molecule has 4 N–H and O–H groups in total. The molecule has 2 aromatic heterocycles. The number of aromatic carboxylic acids is 1. The van der Waals surface area contributed by atoms with E-state index in [1.807, 2.05) is 0 Å².